The number of nitrogens with zero attached hydrogens (tertiary/aromatic N) is 3. The third-order valence-corrected chi connectivity index (χ3v) is 7.22. The molecule has 1 aromatic heterocycles. The Kier molecular flexibility index (Phi) is 8.14. The highest BCUT2D eigenvalue weighted by Crippen LogP contribution is 2.30. The van der Waals surface area contributed by atoms with Crippen LogP contribution in [-0.4, -0.2) is 33.8 Å². The predicted molar refractivity (Wildman–Crippen MR) is 132 cm³/mol. The van der Waals surface area contributed by atoms with Crippen molar-refractivity contribution < 1.29 is 18.0 Å². The molecule has 0 spiro atoms. The van der Waals surface area contributed by atoms with E-state index in [1.807, 2.05) is 28.0 Å². The Morgan fingerprint density at radius 2 is 1.74 bits per heavy atom. The van der Waals surface area contributed by atoms with Gasteiger partial charge < -0.3 is 4.90 Å². The Labute approximate surface area is 212 Å². The number of piperidine rings is 1. The number of amides is 1. The van der Waals surface area contributed by atoms with E-state index in [0.29, 0.717) is 41.8 Å². The maximum atomic E-state index is 13.2. The molecule has 1 aliphatic rings. The fraction of sp³-hybridized carbons (Fsp3) is 0.385. The summed E-state index contributed by atoms with van der Waals surface area (Å²) in [7, 11) is 0. The molecule has 35 heavy (non-hydrogen) atoms. The predicted octanol–water partition coefficient (Wildman–Crippen LogP) is 6.89. The van der Waals surface area contributed by atoms with Gasteiger partial charge in [0.1, 0.15) is 10.7 Å². The van der Waals surface area contributed by atoms with E-state index in [0.717, 1.165) is 42.6 Å². The number of halogens is 4. The minimum Gasteiger partial charge on any atom is -0.337 e. The molecule has 0 N–H and O–H groups in total. The smallest absolute Gasteiger partial charge is 0.337 e. The quantitative estimate of drug-likeness (QED) is 0.339. The number of aromatic nitrogens is 1. The van der Waals surface area contributed by atoms with Gasteiger partial charge in [0, 0.05) is 36.6 Å². The van der Waals surface area contributed by atoms with E-state index < -0.39 is 11.7 Å². The molecule has 1 saturated heterocycles. The van der Waals surface area contributed by atoms with Crippen molar-refractivity contribution in [2.24, 2.45) is 5.92 Å². The van der Waals surface area contributed by atoms with E-state index in [-0.39, 0.29) is 5.91 Å². The number of carbonyl (C=O) groups is 1. The van der Waals surface area contributed by atoms with E-state index >= 15 is 0 Å². The first-order valence-electron chi connectivity index (χ1n) is 11.5. The van der Waals surface area contributed by atoms with Crippen molar-refractivity contribution in [1.82, 2.24) is 14.8 Å². The van der Waals surface area contributed by atoms with Crippen molar-refractivity contribution in [3.8, 4) is 0 Å². The molecular formula is C26H27ClF3N3OS. The summed E-state index contributed by atoms with van der Waals surface area (Å²) in [5.41, 5.74) is 1.26. The summed E-state index contributed by atoms with van der Waals surface area (Å²) in [6, 6.07) is 12.8. The van der Waals surface area contributed by atoms with Gasteiger partial charge in [-0.05, 0) is 48.1 Å². The number of thiazole rings is 1. The Balaban J connectivity index is 1.51. The molecule has 4 nitrogen and oxygen atoms in total. The molecule has 9 heteroatoms. The van der Waals surface area contributed by atoms with Gasteiger partial charge in [0.05, 0.1) is 12.1 Å². The molecule has 0 atom stereocenters. The van der Waals surface area contributed by atoms with Gasteiger partial charge in [-0.15, -0.1) is 11.3 Å². The zero-order chi connectivity index (χ0) is 25.0. The molecule has 1 amide bonds. The molecule has 0 bridgehead atoms. The van der Waals surface area contributed by atoms with Gasteiger partial charge in [-0.3, -0.25) is 9.69 Å². The van der Waals surface area contributed by atoms with Crippen molar-refractivity contribution in [1.29, 1.82) is 0 Å². The van der Waals surface area contributed by atoms with E-state index in [1.54, 1.807) is 17.5 Å². The van der Waals surface area contributed by atoms with Gasteiger partial charge in [0.25, 0.3) is 5.91 Å². The molecular weight excluding hydrogens is 495 g/mol. The number of hydrogen-bond donors (Lipinski definition) is 0. The fourth-order valence-electron chi connectivity index (χ4n) is 4.21. The van der Waals surface area contributed by atoms with Crippen LogP contribution in [0.25, 0.3) is 0 Å². The molecule has 3 aromatic rings. The molecule has 2 aromatic carbocycles. The molecule has 0 radical (unpaired) electrons. The third-order valence-electron chi connectivity index (χ3n) is 6.16. The summed E-state index contributed by atoms with van der Waals surface area (Å²) in [5, 5.41) is 3.12. The van der Waals surface area contributed by atoms with Crippen LogP contribution in [0.5, 0.6) is 0 Å². The van der Waals surface area contributed by atoms with Crippen LogP contribution < -0.4 is 0 Å². The Morgan fingerprint density at radius 3 is 2.40 bits per heavy atom. The highest BCUT2D eigenvalue weighted by Gasteiger charge is 2.30. The number of carbonyl (C=O) groups excluding carboxylic acids is 1. The number of benzene rings is 2. The molecule has 0 unspecified atom stereocenters. The van der Waals surface area contributed by atoms with Gasteiger partial charge in [-0.1, -0.05) is 48.9 Å². The third kappa shape index (κ3) is 7.06. The lowest BCUT2D eigenvalue weighted by Crippen LogP contribution is -2.38. The van der Waals surface area contributed by atoms with Crippen LogP contribution in [0.3, 0.4) is 0 Å². The highest BCUT2D eigenvalue weighted by molar-refractivity contribution is 7.09. The standard InChI is InChI=1S/C26H27ClF3N3OS/c1-18-8-10-33(11-9-18)25(34)23-17-35-24(31-23)16-32(15-20-5-3-7-22(27)13-20)14-19-4-2-6-21(12-19)26(28,29)30/h2-7,12-13,17-18H,8-11,14-16H2,1H3. The van der Waals surface area contributed by atoms with Crippen LogP contribution in [0.1, 0.15) is 52.0 Å². The van der Waals surface area contributed by atoms with Gasteiger partial charge in [0.15, 0.2) is 0 Å². The molecule has 4 rings (SSSR count). The molecule has 1 aliphatic heterocycles. The lowest BCUT2D eigenvalue weighted by Gasteiger charge is -2.29. The van der Waals surface area contributed by atoms with Crippen LogP contribution in [0.15, 0.2) is 53.9 Å². The lowest BCUT2D eigenvalue weighted by molar-refractivity contribution is -0.137. The van der Waals surface area contributed by atoms with Crippen LogP contribution in [0.4, 0.5) is 13.2 Å². The molecule has 2 heterocycles. The first-order chi connectivity index (χ1) is 16.7. The monoisotopic (exact) mass is 521 g/mol. The average Bonchev–Trinajstić information content (AvgIpc) is 3.27. The summed E-state index contributed by atoms with van der Waals surface area (Å²) >= 11 is 7.54. The van der Waals surface area contributed by atoms with E-state index in [4.69, 9.17) is 11.6 Å². The number of alkyl halides is 3. The number of likely N-dealkylation sites (tertiary alicyclic amines) is 1. The molecule has 0 aliphatic carbocycles. The molecule has 186 valence electrons. The summed E-state index contributed by atoms with van der Waals surface area (Å²) in [6.45, 7) is 4.85. The second kappa shape index (κ2) is 11.1. The van der Waals surface area contributed by atoms with Crippen molar-refractivity contribution in [3.63, 3.8) is 0 Å². The average molecular weight is 522 g/mol. The topological polar surface area (TPSA) is 36.4 Å². The largest absolute Gasteiger partial charge is 0.416 e. The highest BCUT2D eigenvalue weighted by atomic mass is 35.5. The summed E-state index contributed by atoms with van der Waals surface area (Å²) in [5.74, 6) is 0.569. The maximum Gasteiger partial charge on any atom is 0.416 e. The molecule has 1 fully saturated rings. The summed E-state index contributed by atoms with van der Waals surface area (Å²) in [4.78, 5) is 21.3. The van der Waals surface area contributed by atoms with Crippen LogP contribution in [0, 0.1) is 5.92 Å². The van der Waals surface area contributed by atoms with Crippen molar-refractivity contribution in [2.75, 3.05) is 13.1 Å². The second-order valence-corrected chi connectivity index (χ2v) is 10.5. The Morgan fingerprint density at radius 1 is 1.09 bits per heavy atom. The normalized spacial score (nSPS) is 15.1. The van der Waals surface area contributed by atoms with E-state index in [9.17, 15) is 18.0 Å². The Hall–Kier alpha value is -2.42. The van der Waals surface area contributed by atoms with Gasteiger partial charge in [-0.2, -0.15) is 13.2 Å². The minimum atomic E-state index is -4.40. The second-order valence-electron chi connectivity index (χ2n) is 9.07. The fourth-order valence-corrected chi connectivity index (χ4v) is 5.23. The van der Waals surface area contributed by atoms with Gasteiger partial charge >= 0.3 is 6.18 Å². The maximum absolute atomic E-state index is 13.2. The number of hydrogen-bond acceptors (Lipinski definition) is 4. The zero-order valence-corrected chi connectivity index (χ0v) is 21.0. The van der Waals surface area contributed by atoms with Crippen molar-refractivity contribution in [2.45, 2.75) is 45.6 Å². The number of rotatable bonds is 7. The van der Waals surface area contributed by atoms with Crippen LogP contribution in [-0.2, 0) is 25.8 Å². The van der Waals surface area contributed by atoms with Gasteiger partial charge in [-0.25, -0.2) is 4.98 Å². The van der Waals surface area contributed by atoms with E-state index in [1.165, 1.54) is 23.5 Å². The zero-order valence-electron chi connectivity index (χ0n) is 19.4. The summed E-state index contributed by atoms with van der Waals surface area (Å²) in [6.07, 6.45) is -2.41. The van der Waals surface area contributed by atoms with E-state index in [2.05, 4.69) is 11.9 Å². The Bertz CT molecular complexity index is 1160. The molecule has 0 saturated carbocycles. The summed E-state index contributed by atoms with van der Waals surface area (Å²) < 4.78 is 39.7. The van der Waals surface area contributed by atoms with Crippen molar-refractivity contribution >= 4 is 28.8 Å². The van der Waals surface area contributed by atoms with Crippen LogP contribution in [0.2, 0.25) is 5.02 Å². The first kappa shape index (κ1) is 25.7. The SMILES string of the molecule is CC1CCN(C(=O)c2csc(CN(Cc3cccc(Cl)c3)Cc3cccc(C(F)(F)F)c3)n2)CC1. The van der Waals surface area contributed by atoms with Crippen LogP contribution >= 0.6 is 22.9 Å². The lowest BCUT2D eigenvalue weighted by atomic mass is 9.99. The van der Waals surface area contributed by atoms with Crippen molar-refractivity contribution in [3.05, 3.63) is 86.3 Å². The first-order valence-corrected chi connectivity index (χ1v) is 12.8. The van der Waals surface area contributed by atoms with Gasteiger partial charge in [0.2, 0.25) is 0 Å². The minimum absolute atomic E-state index is 0.0568.